The van der Waals surface area contributed by atoms with E-state index in [2.05, 4.69) is 0 Å². The molecule has 0 aromatic carbocycles. The van der Waals surface area contributed by atoms with E-state index in [0.29, 0.717) is 19.6 Å². The van der Waals surface area contributed by atoms with Gasteiger partial charge in [-0.05, 0) is 29.9 Å². The molecule has 4 heterocycles. The van der Waals surface area contributed by atoms with Crippen LogP contribution in [0.25, 0.3) is 0 Å². The summed E-state index contributed by atoms with van der Waals surface area (Å²) in [6.07, 6.45) is 0.908. The summed E-state index contributed by atoms with van der Waals surface area (Å²) in [5.41, 5.74) is -0.124. The maximum Gasteiger partial charge on any atom is 0.334 e. The lowest BCUT2D eigenvalue weighted by Gasteiger charge is -2.42. The molecule has 2 aromatic rings. The molecule has 0 saturated carbocycles. The topological polar surface area (TPSA) is 85.5 Å². The number of rotatable bonds is 2. The number of hydrogen-bond donors (Lipinski definition) is 0. The minimum Gasteiger partial charge on any atom is -0.337 e. The van der Waals surface area contributed by atoms with E-state index in [-0.39, 0.29) is 23.4 Å². The highest BCUT2D eigenvalue weighted by molar-refractivity contribution is 7.12. The SMILES string of the molecule is O=C(c1cccs1)N1CC2CC(C1)c1ccc([N+](=O)[O-])c(=O)n1C2. The van der Waals surface area contributed by atoms with Crippen molar-refractivity contribution in [1.29, 1.82) is 0 Å². The van der Waals surface area contributed by atoms with Gasteiger partial charge < -0.3 is 9.47 Å². The highest BCUT2D eigenvalue weighted by atomic mass is 32.1. The second-order valence-electron chi connectivity index (χ2n) is 6.30. The summed E-state index contributed by atoms with van der Waals surface area (Å²) in [6.45, 7) is 1.56. The number of likely N-dealkylation sites (tertiary alicyclic amines) is 1. The monoisotopic (exact) mass is 345 g/mol. The van der Waals surface area contributed by atoms with Gasteiger partial charge in [0.25, 0.3) is 5.91 Å². The Morgan fingerprint density at radius 2 is 2.08 bits per heavy atom. The molecular formula is C16H15N3O4S. The molecular weight excluding hydrogens is 330 g/mol. The Hall–Kier alpha value is -2.48. The van der Waals surface area contributed by atoms with Crippen molar-refractivity contribution in [2.75, 3.05) is 13.1 Å². The van der Waals surface area contributed by atoms with Crippen molar-refractivity contribution in [3.05, 3.63) is 60.7 Å². The van der Waals surface area contributed by atoms with Crippen molar-refractivity contribution < 1.29 is 9.72 Å². The summed E-state index contributed by atoms with van der Waals surface area (Å²) in [5, 5.41) is 12.8. The molecule has 124 valence electrons. The molecule has 8 heteroatoms. The number of pyridine rings is 1. The molecule has 2 aromatic heterocycles. The van der Waals surface area contributed by atoms with Gasteiger partial charge in [-0.2, -0.15) is 0 Å². The molecule has 2 aliphatic rings. The van der Waals surface area contributed by atoms with E-state index >= 15 is 0 Å². The summed E-state index contributed by atoms with van der Waals surface area (Å²) in [7, 11) is 0. The van der Waals surface area contributed by atoms with Crippen LogP contribution in [0.1, 0.15) is 27.7 Å². The van der Waals surface area contributed by atoms with Crippen LogP contribution in [-0.2, 0) is 6.54 Å². The van der Waals surface area contributed by atoms with Gasteiger partial charge in [0, 0.05) is 37.3 Å². The molecule has 0 aliphatic carbocycles. The highest BCUT2D eigenvalue weighted by Crippen LogP contribution is 2.36. The molecule has 1 fully saturated rings. The van der Waals surface area contributed by atoms with Gasteiger partial charge in [-0.15, -0.1) is 11.3 Å². The van der Waals surface area contributed by atoms with E-state index in [1.807, 2.05) is 22.4 Å². The number of thiophene rings is 1. The Labute approximate surface area is 141 Å². The van der Waals surface area contributed by atoms with Gasteiger partial charge in [-0.25, -0.2) is 0 Å². The fourth-order valence-electron chi connectivity index (χ4n) is 3.80. The molecule has 0 radical (unpaired) electrons. The summed E-state index contributed by atoms with van der Waals surface area (Å²) in [6, 6.07) is 6.63. The van der Waals surface area contributed by atoms with Gasteiger partial charge in [0.2, 0.25) is 0 Å². The van der Waals surface area contributed by atoms with Crippen LogP contribution in [0.3, 0.4) is 0 Å². The van der Waals surface area contributed by atoms with Crippen LogP contribution in [-0.4, -0.2) is 33.4 Å². The maximum absolute atomic E-state index is 12.6. The van der Waals surface area contributed by atoms with E-state index < -0.39 is 10.5 Å². The number of hydrogen-bond acceptors (Lipinski definition) is 5. The van der Waals surface area contributed by atoms with Crippen molar-refractivity contribution in [2.24, 2.45) is 5.92 Å². The van der Waals surface area contributed by atoms with Crippen LogP contribution in [0.4, 0.5) is 5.69 Å². The highest BCUT2D eigenvalue weighted by Gasteiger charge is 2.37. The number of fused-ring (bicyclic) bond motifs is 4. The van der Waals surface area contributed by atoms with Gasteiger partial charge in [0.05, 0.1) is 9.80 Å². The predicted octanol–water partition coefficient (Wildman–Crippen LogP) is 2.08. The maximum atomic E-state index is 12.6. The number of piperidine rings is 1. The van der Waals surface area contributed by atoms with Crippen LogP contribution in [0, 0.1) is 16.0 Å². The second kappa shape index (κ2) is 5.55. The van der Waals surface area contributed by atoms with Crippen LogP contribution in [0.5, 0.6) is 0 Å². The zero-order valence-corrected chi connectivity index (χ0v) is 13.6. The van der Waals surface area contributed by atoms with Crippen molar-refractivity contribution in [1.82, 2.24) is 9.47 Å². The van der Waals surface area contributed by atoms with E-state index in [0.717, 1.165) is 17.0 Å². The Balaban J connectivity index is 1.67. The van der Waals surface area contributed by atoms with Crippen molar-refractivity contribution in [2.45, 2.75) is 18.9 Å². The first-order valence-corrected chi connectivity index (χ1v) is 8.63. The Morgan fingerprint density at radius 3 is 2.79 bits per heavy atom. The lowest BCUT2D eigenvalue weighted by atomic mass is 9.83. The molecule has 1 amide bonds. The van der Waals surface area contributed by atoms with Gasteiger partial charge in [-0.1, -0.05) is 6.07 Å². The fraction of sp³-hybridized carbons (Fsp3) is 0.375. The van der Waals surface area contributed by atoms with Crippen LogP contribution in [0.2, 0.25) is 0 Å². The lowest BCUT2D eigenvalue weighted by molar-refractivity contribution is -0.386. The van der Waals surface area contributed by atoms with Crippen LogP contribution >= 0.6 is 11.3 Å². The lowest BCUT2D eigenvalue weighted by Crippen LogP contribution is -2.49. The molecule has 0 spiro atoms. The minimum absolute atomic E-state index is 0.0254. The summed E-state index contributed by atoms with van der Waals surface area (Å²) >= 11 is 1.42. The molecule has 1 saturated heterocycles. The van der Waals surface area contributed by atoms with Crippen molar-refractivity contribution >= 4 is 22.9 Å². The Kier molecular flexibility index (Phi) is 3.49. The number of nitrogens with zero attached hydrogens (tertiary/aromatic N) is 3. The predicted molar refractivity (Wildman–Crippen MR) is 88.4 cm³/mol. The fourth-order valence-corrected chi connectivity index (χ4v) is 4.49. The number of nitro groups is 1. The summed E-state index contributed by atoms with van der Waals surface area (Å²) in [4.78, 5) is 37.8. The number of aromatic nitrogens is 1. The Bertz CT molecular complexity index is 874. The third kappa shape index (κ3) is 2.34. The van der Waals surface area contributed by atoms with E-state index in [9.17, 15) is 19.7 Å². The molecule has 4 rings (SSSR count). The van der Waals surface area contributed by atoms with E-state index in [1.54, 1.807) is 6.07 Å². The molecule has 7 nitrogen and oxygen atoms in total. The number of carbonyl (C=O) groups is 1. The Morgan fingerprint density at radius 1 is 1.25 bits per heavy atom. The average Bonchev–Trinajstić information content (AvgIpc) is 3.09. The van der Waals surface area contributed by atoms with E-state index in [4.69, 9.17) is 0 Å². The van der Waals surface area contributed by atoms with Gasteiger partial charge in [0.1, 0.15) is 0 Å². The molecule has 2 unspecified atom stereocenters. The first kappa shape index (κ1) is 15.1. The van der Waals surface area contributed by atoms with Gasteiger partial charge in [0.15, 0.2) is 0 Å². The second-order valence-corrected chi connectivity index (χ2v) is 7.25. The normalized spacial score (nSPS) is 22.1. The standard InChI is InChI=1S/C16H15N3O4S/c20-15-13(19(22)23)4-3-12-11-6-10(8-18(12)15)7-17(9-11)16(21)14-2-1-5-24-14/h1-5,10-11H,6-9H2. The van der Waals surface area contributed by atoms with Crippen LogP contribution < -0.4 is 5.56 Å². The molecule has 0 N–H and O–H groups in total. The average molecular weight is 345 g/mol. The third-order valence-corrected chi connectivity index (χ3v) is 5.66. The van der Waals surface area contributed by atoms with Crippen LogP contribution in [0.15, 0.2) is 34.4 Å². The van der Waals surface area contributed by atoms with Crippen molar-refractivity contribution in [3.8, 4) is 0 Å². The first-order valence-electron chi connectivity index (χ1n) is 7.75. The molecule has 2 bridgehead atoms. The number of carbonyl (C=O) groups excluding carboxylic acids is 1. The van der Waals surface area contributed by atoms with Gasteiger partial charge >= 0.3 is 11.2 Å². The van der Waals surface area contributed by atoms with Crippen molar-refractivity contribution in [3.63, 3.8) is 0 Å². The van der Waals surface area contributed by atoms with Gasteiger partial charge in [-0.3, -0.25) is 19.7 Å². The molecule has 24 heavy (non-hydrogen) atoms. The summed E-state index contributed by atoms with van der Waals surface area (Å²) in [5.74, 6) is 0.229. The minimum atomic E-state index is -0.632. The largest absolute Gasteiger partial charge is 0.337 e. The van der Waals surface area contributed by atoms with E-state index in [1.165, 1.54) is 22.0 Å². The number of amides is 1. The molecule has 2 aliphatic heterocycles. The zero-order valence-electron chi connectivity index (χ0n) is 12.8. The zero-order chi connectivity index (χ0) is 16.8. The quantitative estimate of drug-likeness (QED) is 0.616. The first-order chi connectivity index (χ1) is 11.5. The third-order valence-electron chi connectivity index (χ3n) is 4.80. The smallest absolute Gasteiger partial charge is 0.334 e. The molecule has 2 atom stereocenters. The summed E-state index contributed by atoms with van der Waals surface area (Å²) < 4.78 is 1.53.